The molecule has 0 unspecified atom stereocenters. The fraction of sp³-hybridized carbons (Fsp3) is 0.588. The van der Waals surface area contributed by atoms with E-state index >= 15 is 0 Å². The summed E-state index contributed by atoms with van der Waals surface area (Å²) >= 11 is 0. The van der Waals surface area contributed by atoms with Crippen LogP contribution in [0.15, 0.2) is 30.3 Å². The van der Waals surface area contributed by atoms with Gasteiger partial charge < -0.3 is 9.47 Å². The highest BCUT2D eigenvalue weighted by Crippen LogP contribution is 2.13. The lowest BCUT2D eigenvalue weighted by Gasteiger charge is -2.26. The summed E-state index contributed by atoms with van der Waals surface area (Å²) in [6.45, 7) is 4.79. The van der Waals surface area contributed by atoms with Crippen molar-refractivity contribution >= 4 is 5.97 Å². The number of rotatable bonds is 6. The van der Waals surface area contributed by atoms with Gasteiger partial charge in [-0.1, -0.05) is 31.0 Å². The van der Waals surface area contributed by atoms with Gasteiger partial charge in [-0.3, -0.25) is 9.69 Å². The number of hydrogen-bond donors (Lipinski definition) is 0. The number of nitrogens with zero attached hydrogens (tertiary/aromatic N) is 1. The summed E-state index contributed by atoms with van der Waals surface area (Å²) in [5, 5.41) is 0. The second-order valence-corrected chi connectivity index (χ2v) is 5.57. The molecule has 2 rings (SSSR count). The summed E-state index contributed by atoms with van der Waals surface area (Å²) in [5.41, 5.74) is 0. The maximum Gasteiger partial charge on any atom is 0.303 e. The molecule has 1 aliphatic heterocycles. The molecule has 0 amide bonds. The van der Waals surface area contributed by atoms with Gasteiger partial charge >= 0.3 is 5.97 Å². The summed E-state index contributed by atoms with van der Waals surface area (Å²) in [7, 11) is 0. The fourth-order valence-electron chi connectivity index (χ4n) is 2.67. The van der Waals surface area contributed by atoms with Gasteiger partial charge in [0.25, 0.3) is 0 Å². The van der Waals surface area contributed by atoms with E-state index in [1.807, 2.05) is 30.3 Å². The standard InChI is InChI=1S/C17H25NO3/c1-15(19)21-17(13-18-11-7-2-3-8-12-18)14-20-16-9-5-4-6-10-16/h4-6,9-10,17H,2-3,7-8,11-14H2,1H3/t17-/m1/s1. The molecular formula is C17H25NO3. The van der Waals surface area contributed by atoms with Crippen LogP contribution in [0.4, 0.5) is 0 Å². The topological polar surface area (TPSA) is 38.8 Å². The van der Waals surface area contributed by atoms with E-state index in [1.54, 1.807) is 0 Å². The molecule has 4 heteroatoms. The molecule has 4 nitrogen and oxygen atoms in total. The minimum Gasteiger partial charge on any atom is -0.490 e. The van der Waals surface area contributed by atoms with Crippen molar-refractivity contribution in [3.8, 4) is 5.75 Å². The van der Waals surface area contributed by atoms with Gasteiger partial charge in [-0.05, 0) is 38.1 Å². The van der Waals surface area contributed by atoms with E-state index in [9.17, 15) is 4.79 Å². The van der Waals surface area contributed by atoms with E-state index in [1.165, 1.54) is 32.6 Å². The molecule has 0 aliphatic carbocycles. The Labute approximate surface area is 127 Å². The van der Waals surface area contributed by atoms with Crippen molar-refractivity contribution < 1.29 is 14.3 Å². The average Bonchev–Trinajstić information content (AvgIpc) is 2.74. The van der Waals surface area contributed by atoms with Crippen LogP contribution in [0.3, 0.4) is 0 Å². The number of carbonyl (C=O) groups excluding carboxylic acids is 1. The monoisotopic (exact) mass is 291 g/mol. The molecule has 1 aromatic carbocycles. The van der Waals surface area contributed by atoms with Crippen LogP contribution in [0.2, 0.25) is 0 Å². The zero-order valence-electron chi connectivity index (χ0n) is 12.8. The summed E-state index contributed by atoms with van der Waals surface area (Å²) in [4.78, 5) is 13.7. The molecule has 1 aromatic rings. The van der Waals surface area contributed by atoms with Crippen molar-refractivity contribution in [1.29, 1.82) is 0 Å². The van der Waals surface area contributed by atoms with E-state index in [0.717, 1.165) is 25.4 Å². The summed E-state index contributed by atoms with van der Waals surface area (Å²) < 4.78 is 11.1. The van der Waals surface area contributed by atoms with Gasteiger partial charge in [0, 0.05) is 13.5 Å². The third-order valence-electron chi connectivity index (χ3n) is 3.67. The Bertz CT molecular complexity index is 413. The maximum atomic E-state index is 11.3. The van der Waals surface area contributed by atoms with Crippen LogP contribution in [-0.2, 0) is 9.53 Å². The number of hydrogen-bond acceptors (Lipinski definition) is 4. The molecule has 0 aromatic heterocycles. The number of esters is 1. The smallest absolute Gasteiger partial charge is 0.303 e. The second kappa shape index (κ2) is 8.67. The quantitative estimate of drug-likeness (QED) is 0.756. The predicted molar refractivity (Wildman–Crippen MR) is 82.4 cm³/mol. The Kier molecular flexibility index (Phi) is 6.54. The third kappa shape index (κ3) is 6.17. The van der Waals surface area contributed by atoms with E-state index in [-0.39, 0.29) is 12.1 Å². The lowest BCUT2D eigenvalue weighted by molar-refractivity contribution is -0.148. The third-order valence-corrected chi connectivity index (χ3v) is 3.67. The van der Waals surface area contributed by atoms with Gasteiger partial charge in [0.15, 0.2) is 0 Å². The fourth-order valence-corrected chi connectivity index (χ4v) is 2.67. The molecule has 21 heavy (non-hydrogen) atoms. The Morgan fingerprint density at radius 2 is 1.81 bits per heavy atom. The average molecular weight is 291 g/mol. The van der Waals surface area contributed by atoms with Gasteiger partial charge in [0.1, 0.15) is 18.5 Å². The van der Waals surface area contributed by atoms with Crippen molar-refractivity contribution in [2.75, 3.05) is 26.2 Å². The van der Waals surface area contributed by atoms with Crippen molar-refractivity contribution in [3.63, 3.8) is 0 Å². The minimum absolute atomic E-state index is 0.208. The Morgan fingerprint density at radius 1 is 1.14 bits per heavy atom. The van der Waals surface area contributed by atoms with E-state index in [4.69, 9.17) is 9.47 Å². The molecule has 1 fully saturated rings. The highest BCUT2D eigenvalue weighted by atomic mass is 16.6. The highest BCUT2D eigenvalue weighted by Gasteiger charge is 2.19. The lowest BCUT2D eigenvalue weighted by atomic mass is 10.2. The minimum atomic E-state index is -0.244. The van der Waals surface area contributed by atoms with Gasteiger partial charge in [0.2, 0.25) is 0 Å². The number of benzene rings is 1. The molecule has 1 saturated heterocycles. The molecule has 1 atom stereocenters. The first-order valence-electron chi connectivity index (χ1n) is 7.81. The van der Waals surface area contributed by atoms with Crippen molar-refractivity contribution in [1.82, 2.24) is 4.90 Å². The molecule has 1 heterocycles. The van der Waals surface area contributed by atoms with Crippen molar-refractivity contribution in [3.05, 3.63) is 30.3 Å². The van der Waals surface area contributed by atoms with E-state index in [2.05, 4.69) is 4.90 Å². The first-order chi connectivity index (χ1) is 10.2. The molecule has 0 saturated carbocycles. The molecule has 0 N–H and O–H groups in total. The Balaban J connectivity index is 1.85. The number of carbonyl (C=O) groups is 1. The van der Waals surface area contributed by atoms with Crippen LogP contribution in [-0.4, -0.2) is 43.2 Å². The molecule has 0 spiro atoms. The van der Waals surface area contributed by atoms with Crippen LogP contribution >= 0.6 is 0 Å². The molecular weight excluding hydrogens is 266 g/mol. The Morgan fingerprint density at radius 3 is 2.43 bits per heavy atom. The first kappa shape index (κ1) is 15.8. The molecule has 116 valence electrons. The molecule has 1 aliphatic rings. The number of likely N-dealkylation sites (tertiary alicyclic amines) is 1. The number of ether oxygens (including phenoxy) is 2. The van der Waals surface area contributed by atoms with Crippen molar-refractivity contribution in [2.24, 2.45) is 0 Å². The van der Waals surface area contributed by atoms with Crippen LogP contribution in [0, 0.1) is 0 Å². The van der Waals surface area contributed by atoms with Crippen LogP contribution in [0.25, 0.3) is 0 Å². The first-order valence-corrected chi connectivity index (χ1v) is 7.81. The predicted octanol–water partition coefficient (Wildman–Crippen LogP) is 2.87. The number of para-hydroxylation sites is 1. The molecule has 0 bridgehead atoms. The van der Waals surface area contributed by atoms with Crippen LogP contribution in [0.1, 0.15) is 32.6 Å². The molecule has 0 radical (unpaired) electrons. The maximum absolute atomic E-state index is 11.3. The zero-order valence-corrected chi connectivity index (χ0v) is 12.8. The highest BCUT2D eigenvalue weighted by molar-refractivity contribution is 5.66. The van der Waals surface area contributed by atoms with Gasteiger partial charge in [-0.2, -0.15) is 0 Å². The summed E-state index contributed by atoms with van der Waals surface area (Å²) in [5.74, 6) is 0.567. The lowest BCUT2D eigenvalue weighted by Crippen LogP contribution is -2.38. The van der Waals surface area contributed by atoms with E-state index in [0.29, 0.717) is 6.61 Å². The van der Waals surface area contributed by atoms with Gasteiger partial charge in [0.05, 0.1) is 0 Å². The second-order valence-electron chi connectivity index (χ2n) is 5.57. The zero-order chi connectivity index (χ0) is 14.9. The normalized spacial score (nSPS) is 17.8. The summed E-state index contributed by atoms with van der Waals surface area (Å²) in [6.07, 6.45) is 4.85. The Hall–Kier alpha value is -1.55. The van der Waals surface area contributed by atoms with E-state index < -0.39 is 0 Å². The summed E-state index contributed by atoms with van der Waals surface area (Å²) in [6, 6.07) is 9.65. The van der Waals surface area contributed by atoms with Gasteiger partial charge in [-0.15, -0.1) is 0 Å². The largest absolute Gasteiger partial charge is 0.490 e. The van der Waals surface area contributed by atoms with Crippen molar-refractivity contribution in [2.45, 2.75) is 38.7 Å². The SMILES string of the molecule is CC(=O)O[C@@H](COc1ccccc1)CN1CCCCCC1. The van der Waals surface area contributed by atoms with Crippen LogP contribution in [0.5, 0.6) is 5.75 Å². The van der Waals surface area contributed by atoms with Crippen LogP contribution < -0.4 is 4.74 Å². The van der Waals surface area contributed by atoms with Gasteiger partial charge in [-0.25, -0.2) is 0 Å².